The molecule has 0 amide bonds. The number of hydrogen-bond acceptors (Lipinski definition) is 5. The van der Waals surface area contributed by atoms with Crippen LogP contribution >= 0.6 is 24.4 Å². The van der Waals surface area contributed by atoms with Crippen LogP contribution in [0.25, 0.3) is 0 Å². The van der Waals surface area contributed by atoms with Crippen molar-refractivity contribution in [1.29, 1.82) is 0 Å². The number of nitrogens with two attached hydrogens (primary N) is 2. The molecular formula is C5H10K2N2O4S2. The maximum atomic E-state index is 9.37. The van der Waals surface area contributed by atoms with Crippen molar-refractivity contribution in [1.82, 2.24) is 0 Å². The van der Waals surface area contributed by atoms with Crippen molar-refractivity contribution in [3.05, 3.63) is 0 Å². The fraction of sp³-hybridized carbons (Fsp3) is 0.400. The third-order valence-corrected chi connectivity index (χ3v) is 0.302. The maximum Gasteiger partial charge on any atom is 1.00 e. The van der Waals surface area contributed by atoms with Gasteiger partial charge in [-0.2, -0.15) is 0 Å². The fourth-order valence-corrected chi connectivity index (χ4v) is 0. The van der Waals surface area contributed by atoms with Crippen molar-refractivity contribution in [3.63, 3.8) is 0 Å². The molecule has 0 rings (SSSR count). The van der Waals surface area contributed by atoms with Crippen LogP contribution in [-0.2, 0) is 4.79 Å². The van der Waals surface area contributed by atoms with E-state index in [1.165, 1.54) is 0 Å². The Bertz CT molecular complexity index is 162. The summed E-state index contributed by atoms with van der Waals surface area (Å²) in [6.07, 6.45) is 0.222. The second-order valence-electron chi connectivity index (χ2n) is 1.39. The van der Waals surface area contributed by atoms with Crippen LogP contribution in [-0.4, -0.2) is 21.4 Å². The Kier molecular flexibility index (Phi) is 50.7. The maximum absolute atomic E-state index is 9.37. The van der Waals surface area contributed by atoms with Gasteiger partial charge in [0, 0.05) is 16.8 Å². The predicted molar refractivity (Wildman–Crippen MR) is 51.5 cm³/mol. The Hall–Kier alpha value is 2.12. The van der Waals surface area contributed by atoms with Crippen molar-refractivity contribution in [2.45, 2.75) is 13.3 Å². The largest absolute Gasteiger partial charge is 1.00 e. The normalized spacial score (nSPS) is 5.67. The number of carboxylic acid groups (broad SMARTS) is 1. The van der Waals surface area contributed by atoms with Gasteiger partial charge in [0.05, 0.1) is 0 Å². The van der Waals surface area contributed by atoms with Crippen LogP contribution in [0.2, 0.25) is 0 Å². The summed E-state index contributed by atoms with van der Waals surface area (Å²) in [5.74, 6) is -0.745. The molecule has 0 aromatic heterocycles. The third-order valence-electron chi connectivity index (χ3n) is 0.302. The quantitative estimate of drug-likeness (QED) is 0.321. The molecule has 78 valence electrons. The SMILES string of the molecule is CCC(=O)O.NC([O-])=S.NC([O-])=S.[K+].[K+]. The van der Waals surface area contributed by atoms with E-state index >= 15 is 0 Å². The van der Waals surface area contributed by atoms with Crippen LogP contribution in [0.15, 0.2) is 0 Å². The molecule has 5 N–H and O–H groups in total. The molecule has 0 aliphatic heterocycles. The van der Waals surface area contributed by atoms with Gasteiger partial charge >= 0.3 is 109 Å². The van der Waals surface area contributed by atoms with Crippen LogP contribution in [0.3, 0.4) is 0 Å². The molecule has 0 aromatic rings. The number of hydrogen-bond donors (Lipinski definition) is 3. The summed E-state index contributed by atoms with van der Waals surface area (Å²) in [6.45, 7) is 1.60. The predicted octanol–water partition coefficient (Wildman–Crippen LogP) is -8.33. The molecule has 15 heavy (non-hydrogen) atoms. The fourth-order valence-electron chi connectivity index (χ4n) is 0. The first-order valence-electron chi connectivity index (χ1n) is 2.88. The molecular weight excluding hydrogens is 294 g/mol. The van der Waals surface area contributed by atoms with Crippen molar-refractivity contribution in [2.75, 3.05) is 0 Å². The minimum atomic E-state index is -0.750. The molecule has 6 nitrogen and oxygen atoms in total. The van der Waals surface area contributed by atoms with Gasteiger partial charge in [-0.15, -0.1) is 0 Å². The molecule has 0 spiro atoms. The minimum absolute atomic E-state index is 0. The molecule has 0 aromatic carbocycles. The first kappa shape index (κ1) is 30.3. The van der Waals surface area contributed by atoms with E-state index in [1.807, 2.05) is 0 Å². The van der Waals surface area contributed by atoms with Crippen LogP contribution in [0.5, 0.6) is 0 Å². The zero-order valence-corrected chi connectivity index (χ0v) is 16.7. The van der Waals surface area contributed by atoms with Gasteiger partial charge in [-0.3, -0.25) is 4.79 Å². The summed E-state index contributed by atoms with van der Waals surface area (Å²) in [5.41, 5.74) is 8.57. The molecule has 0 saturated heterocycles. The molecule has 0 bridgehead atoms. The van der Waals surface area contributed by atoms with E-state index in [0.717, 1.165) is 0 Å². The average Bonchev–Trinajstić information content (AvgIpc) is 1.84. The van der Waals surface area contributed by atoms with E-state index in [-0.39, 0.29) is 109 Å². The molecule has 0 fully saturated rings. The minimum Gasteiger partial charge on any atom is -0.852 e. The van der Waals surface area contributed by atoms with Crippen molar-refractivity contribution in [2.24, 2.45) is 11.5 Å². The first-order valence-corrected chi connectivity index (χ1v) is 3.70. The van der Waals surface area contributed by atoms with Crippen molar-refractivity contribution < 1.29 is 123 Å². The second kappa shape index (κ2) is 25.1. The van der Waals surface area contributed by atoms with Gasteiger partial charge in [-0.25, -0.2) is 0 Å². The van der Waals surface area contributed by atoms with Crippen LogP contribution in [0.1, 0.15) is 13.3 Å². The van der Waals surface area contributed by atoms with E-state index in [4.69, 9.17) is 15.3 Å². The zero-order valence-electron chi connectivity index (χ0n) is 8.85. The number of rotatable bonds is 1. The molecule has 0 atom stereocenters. The number of carbonyl (C=O) groups is 1. The van der Waals surface area contributed by atoms with Crippen LogP contribution in [0, 0.1) is 0 Å². The van der Waals surface area contributed by atoms with Crippen molar-refractivity contribution >= 4 is 40.8 Å². The Labute approximate surface area is 184 Å². The molecule has 10 heteroatoms. The summed E-state index contributed by atoms with van der Waals surface area (Å²) in [7, 11) is 0. The molecule has 0 unspecified atom stereocenters. The standard InChI is InChI=1S/C3H6O2.2CH3NOS.2K/c1-2-3(4)5;2*2-1(3)4;;/h2H2,1H3,(H,4,5);2*(H3,2,3,4);;/q;;;2*+1/p-2. The Balaban J connectivity index is -0.0000000315. The van der Waals surface area contributed by atoms with Gasteiger partial charge in [0.1, 0.15) is 0 Å². The molecule has 0 heterocycles. The summed E-state index contributed by atoms with van der Waals surface area (Å²) < 4.78 is 0. The van der Waals surface area contributed by atoms with E-state index in [1.54, 1.807) is 6.92 Å². The van der Waals surface area contributed by atoms with Crippen molar-refractivity contribution in [3.8, 4) is 0 Å². The van der Waals surface area contributed by atoms with E-state index in [0.29, 0.717) is 0 Å². The van der Waals surface area contributed by atoms with Gasteiger partial charge in [-0.1, -0.05) is 31.4 Å². The van der Waals surface area contributed by atoms with Gasteiger partial charge in [-0.05, 0) is 0 Å². The topological polar surface area (TPSA) is 135 Å². The smallest absolute Gasteiger partial charge is 0.852 e. The summed E-state index contributed by atoms with van der Waals surface area (Å²) >= 11 is 7.52. The van der Waals surface area contributed by atoms with Gasteiger partial charge < -0.3 is 26.8 Å². The van der Waals surface area contributed by atoms with Gasteiger partial charge in [0.15, 0.2) is 0 Å². The molecule has 0 aliphatic rings. The van der Waals surface area contributed by atoms with E-state index in [2.05, 4.69) is 35.9 Å². The van der Waals surface area contributed by atoms with Crippen LogP contribution < -0.4 is 124 Å². The van der Waals surface area contributed by atoms with Gasteiger partial charge in [0.25, 0.3) is 0 Å². The average molecular weight is 304 g/mol. The summed E-state index contributed by atoms with van der Waals surface area (Å²) in [5, 5.41) is 24.3. The number of thiocarbonyl (C=S) groups is 2. The first-order chi connectivity index (χ1) is 5.73. The monoisotopic (exact) mass is 304 g/mol. The van der Waals surface area contributed by atoms with Crippen LogP contribution in [0.4, 0.5) is 0 Å². The van der Waals surface area contributed by atoms with E-state index in [9.17, 15) is 4.79 Å². The Morgan fingerprint density at radius 2 is 1.27 bits per heavy atom. The van der Waals surface area contributed by atoms with E-state index < -0.39 is 16.3 Å². The molecule has 0 aliphatic carbocycles. The number of aliphatic carboxylic acids is 1. The Morgan fingerprint density at radius 1 is 1.20 bits per heavy atom. The second-order valence-corrected chi connectivity index (χ2v) is 2.19. The zero-order chi connectivity index (χ0) is 11.4. The van der Waals surface area contributed by atoms with Gasteiger partial charge in [0.2, 0.25) is 0 Å². The summed E-state index contributed by atoms with van der Waals surface area (Å²) in [6, 6.07) is 0. The molecule has 0 saturated carbocycles. The molecule has 0 radical (unpaired) electrons. The summed E-state index contributed by atoms with van der Waals surface area (Å²) in [4.78, 5) is 9.37. The number of carboxylic acids is 1. The third kappa shape index (κ3) is 189. The Morgan fingerprint density at radius 3 is 1.27 bits per heavy atom.